The van der Waals surface area contributed by atoms with Gasteiger partial charge < -0.3 is 9.84 Å². The second-order valence-corrected chi connectivity index (χ2v) is 3.50. The number of pyridine rings is 1. The fourth-order valence-electron chi connectivity index (χ4n) is 0.957. The van der Waals surface area contributed by atoms with E-state index in [1.54, 1.807) is 6.20 Å². The molecule has 72 valence electrons. The van der Waals surface area contributed by atoms with Gasteiger partial charge in [-0.05, 0) is 35.0 Å². The lowest BCUT2D eigenvalue weighted by Gasteiger charge is -2.09. The van der Waals surface area contributed by atoms with Crippen LogP contribution in [0, 0.1) is 0 Å². The summed E-state index contributed by atoms with van der Waals surface area (Å²) in [6.07, 6.45) is 1.38. The number of ether oxygens (including phenoxy) is 1. The number of aromatic nitrogens is 1. The van der Waals surface area contributed by atoms with E-state index in [1.165, 1.54) is 0 Å². The Bertz CT molecular complexity index is 250. The lowest BCUT2D eigenvalue weighted by Crippen LogP contribution is -2.15. The quantitative estimate of drug-likeness (QED) is 0.823. The molecular formula is C9H12BrNO2. The highest BCUT2D eigenvalue weighted by Gasteiger charge is 2.04. The third-order valence-corrected chi connectivity index (χ3v) is 2.00. The Kier molecular flexibility index (Phi) is 4.35. The molecule has 1 heterocycles. The molecule has 1 aromatic heterocycles. The normalized spacial score (nSPS) is 12.8. The predicted octanol–water partition coefficient (Wildman–Crippen LogP) is 1.74. The minimum absolute atomic E-state index is 0.432. The molecule has 0 aliphatic heterocycles. The topological polar surface area (TPSA) is 42.4 Å². The van der Waals surface area contributed by atoms with Crippen molar-refractivity contribution in [2.75, 3.05) is 6.61 Å². The van der Waals surface area contributed by atoms with Gasteiger partial charge in [0.25, 0.3) is 0 Å². The molecule has 1 N–H and O–H groups in total. The number of hydrogen-bond donors (Lipinski definition) is 1. The van der Waals surface area contributed by atoms with E-state index in [0.717, 1.165) is 10.2 Å². The van der Waals surface area contributed by atoms with Crippen LogP contribution in [0.4, 0.5) is 0 Å². The minimum Gasteiger partial charge on any atom is -0.368 e. The molecule has 0 spiro atoms. The molecule has 0 radical (unpaired) electrons. The Morgan fingerprint density at radius 2 is 2.38 bits per heavy atom. The summed E-state index contributed by atoms with van der Waals surface area (Å²) in [5, 5.41) is 9.30. The van der Waals surface area contributed by atoms with Crippen molar-refractivity contribution in [3.8, 4) is 0 Å². The van der Waals surface area contributed by atoms with Crippen LogP contribution in [0.25, 0.3) is 0 Å². The molecule has 4 heteroatoms. The summed E-state index contributed by atoms with van der Waals surface area (Å²) in [5.74, 6) is 0. The van der Waals surface area contributed by atoms with Gasteiger partial charge in [0.2, 0.25) is 0 Å². The van der Waals surface area contributed by atoms with Crippen molar-refractivity contribution in [1.29, 1.82) is 0 Å². The number of halogens is 1. The van der Waals surface area contributed by atoms with Gasteiger partial charge in [0.15, 0.2) is 6.29 Å². The van der Waals surface area contributed by atoms with Gasteiger partial charge in [0.05, 0.1) is 0 Å². The molecule has 0 saturated heterocycles. The van der Waals surface area contributed by atoms with Crippen molar-refractivity contribution in [2.24, 2.45) is 0 Å². The molecule has 0 aliphatic carbocycles. The summed E-state index contributed by atoms with van der Waals surface area (Å²) in [7, 11) is 0. The maximum absolute atomic E-state index is 9.30. The molecule has 0 saturated carbocycles. The average molecular weight is 246 g/mol. The Labute approximate surface area is 85.9 Å². The molecular weight excluding hydrogens is 234 g/mol. The van der Waals surface area contributed by atoms with Crippen molar-refractivity contribution >= 4 is 15.9 Å². The SMILES string of the molecule is CCOC(O)Cc1ccc(Br)cn1. The van der Waals surface area contributed by atoms with Crippen LogP contribution in [-0.2, 0) is 11.2 Å². The summed E-state index contributed by atoms with van der Waals surface area (Å²) in [6, 6.07) is 3.74. The zero-order valence-corrected chi connectivity index (χ0v) is 8.99. The van der Waals surface area contributed by atoms with Gasteiger partial charge in [-0.2, -0.15) is 0 Å². The van der Waals surface area contributed by atoms with Crippen LogP contribution in [-0.4, -0.2) is 23.0 Å². The predicted molar refractivity (Wildman–Crippen MR) is 53.3 cm³/mol. The van der Waals surface area contributed by atoms with Gasteiger partial charge in [-0.3, -0.25) is 4.98 Å². The van der Waals surface area contributed by atoms with E-state index in [9.17, 15) is 5.11 Å². The number of aliphatic hydroxyl groups excluding tert-OH is 1. The molecule has 1 unspecified atom stereocenters. The maximum atomic E-state index is 9.30. The summed E-state index contributed by atoms with van der Waals surface area (Å²) < 4.78 is 5.91. The van der Waals surface area contributed by atoms with Gasteiger partial charge in [-0.1, -0.05) is 0 Å². The third-order valence-electron chi connectivity index (χ3n) is 1.53. The number of hydrogen-bond acceptors (Lipinski definition) is 3. The zero-order valence-electron chi connectivity index (χ0n) is 7.40. The second kappa shape index (κ2) is 5.32. The molecule has 0 amide bonds. The first kappa shape index (κ1) is 10.6. The monoisotopic (exact) mass is 245 g/mol. The van der Waals surface area contributed by atoms with Crippen LogP contribution in [0.1, 0.15) is 12.6 Å². The maximum Gasteiger partial charge on any atom is 0.160 e. The highest BCUT2D eigenvalue weighted by molar-refractivity contribution is 9.10. The number of aliphatic hydroxyl groups is 1. The number of nitrogens with zero attached hydrogens (tertiary/aromatic N) is 1. The van der Waals surface area contributed by atoms with E-state index in [1.807, 2.05) is 19.1 Å². The Hall–Kier alpha value is -0.450. The second-order valence-electron chi connectivity index (χ2n) is 2.58. The van der Waals surface area contributed by atoms with Gasteiger partial charge >= 0.3 is 0 Å². The van der Waals surface area contributed by atoms with Crippen LogP contribution in [0.3, 0.4) is 0 Å². The van der Waals surface area contributed by atoms with Crippen molar-refractivity contribution in [3.63, 3.8) is 0 Å². The fraction of sp³-hybridized carbons (Fsp3) is 0.444. The average Bonchev–Trinajstić information content (AvgIpc) is 2.09. The molecule has 0 aliphatic rings. The summed E-state index contributed by atoms with van der Waals surface area (Å²) in [5.41, 5.74) is 0.823. The molecule has 3 nitrogen and oxygen atoms in total. The lowest BCUT2D eigenvalue weighted by atomic mass is 10.3. The van der Waals surface area contributed by atoms with E-state index in [0.29, 0.717) is 13.0 Å². The summed E-state index contributed by atoms with van der Waals surface area (Å²) in [4.78, 5) is 4.11. The first-order valence-corrected chi connectivity index (χ1v) is 4.91. The lowest BCUT2D eigenvalue weighted by molar-refractivity contribution is -0.0932. The summed E-state index contributed by atoms with van der Waals surface area (Å²) in [6.45, 7) is 2.36. The van der Waals surface area contributed by atoms with Gasteiger partial charge in [-0.15, -0.1) is 0 Å². The molecule has 1 aromatic rings. The number of rotatable bonds is 4. The van der Waals surface area contributed by atoms with E-state index in [-0.39, 0.29) is 0 Å². The zero-order chi connectivity index (χ0) is 9.68. The van der Waals surface area contributed by atoms with Crippen molar-refractivity contribution in [2.45, 2.75) is 19.6 Å². The van der Waals surface area contributed by atoms with E-state index < -0.39 is 6.29 Å². The molecule has 1 atom stereocenters. The molecule has 1 rings (SSSR count). The third kappa shape index (κ3) is 3.85. The van der Waals surface area contributed by atoms with Crippen LogP contribution >= 0.6 is 15.9 Å². The van der Waals surface area contributed by atoms with Gasteiger partial charge in [0, 0.05) is 29.4 Å². The Balaban J connectivity index is 2.49. The van der Waals surface area contributed by atoms with E-state index in [2.05, 4.69) is 20.9 Å². The molecule has 0 bridgehead atoms. The largest absolute Gasteiger partial charge is 0.368 e. The van der Waals surface area contributed by atoms with Crippen LogP contribution in [0.15, 0.2) is 22.8 Å². The fourth-order valence-corrected chi connectivity index (χ4v) is 1.19. The van der Waals surface area contributed by atoms with Crippen molar-refractivity contribution in [1.82, 2.24) is 4.98 Å². The summed E-state index contributed by atoms with van der Waals surface area (Å²) >= 11 is 3.29. The van der Waals surface area contributed by atoms with Gasteiger partial charge in [-0.25, -0.2) is 0 Å². The van der Waals surface area contributed by atoms with Crippen LogP contribution in [0.2, 0.25) is 0 Å². The highest BCUT2D eigenvalue weighted by Crippen LogP contribution is 2.08. The first-order valence-electron chi connectivity index (χ1n) is 4.12. The Morgan fingerprint density at radius 1 is 1.62 bits per heavy atom. The Morgan fingerprint density at radius 3 is 2.92 bits per heavy atom. The smallest absolute Gasteiger partial charge is 0.160 e. The molecule has 13 heavy (non-hydrogen) atoms. The standard InChI is InChI=1S/C9H12BrNO2/c1-2-13-9(12)5-8-4-3-7(10)6-11-8/h3-4,6,9,12H,2,5H2,1H3. The first-order chi connectivity index (χ1) is 6.22. The van der Waals surface area contributed by atoms with Crippen molar-refractivity contribution in [3.05, 3.63) is 28.5 Å². The van der Waals surface area contributed by atoms with Crippen LogP contribution < -0.4 is 0 Å². The van der Waals surface area contributed by atoms with E-state index >= 15 is 0 Å². The molecule has 0 aromatic carbocycles. The van der Waals surface area contributed by atoms with Gasteiger partial charge in [0.1, 0.15) is 0 Å². The highest BCUT2D eigenvalue weighted by atomic mass is 79.9. The van der Waals surface area contributed by atoms with Crippen molar-refractivity contribution < 1.29 is 9.84 Å². The molecule has 0 fully saturated rings. The minimum atomic E-state index is -0.751. The van der Waals surface area contributed by atoms with Crippen LogP contribution in [0.5, 0.6) is 0 Å². The van der Waals surface area contributed by atoms with E-state index in [4.69, 9.17) is 4.74 Å².